The molecule has 0 heterocycles. The second-order valence-corrected chi connectivity index (χ2v) is 10.8. The van der Waals surface area contributed by atoms with Crippen LogP contribution in [0.2, 0.25) is 0 Å². The molecular formula is C24H38O4. The number of fused-ring (bicyclic) bond motifs is 4. The fourth-order valence-corrected chi connectivity index (χ4v) is 7.92. The van der Waals surface area contributed by atoms with Gasteiger partial charge in [-0.2, -0.15) is 0 Å². The van der Waals surface area contributed by atoms with Crippen molar-refractivity contribution < 1.29 is 20.1 Å². The van der Waals surface area contributed by atoms with E-state index in [1.165, 1.54) is 12.0 Å². The van der Waals surface area contributed by atoms with Gasteiger partial charge in [0.25, 0.3) is 0 Å². The molecule has 158 valence electrons. The molecule has 3 N–H and O–H groups in total. The smallest absolute Gasteiger partial charge is 0.303 e. The molecule has 0 saturated heterocycles. The molecule has 0 radical (unpaired) electrons. The molecule has 8 atom stereocenters. The molecule has 3 fully saturated rings. The van der Waals surface area contributed by atoms with Crippen LogP contribution in [0.15, 0.2) is 11.1 Å². The van der Waals surface area contributed by atoms with Crippen LogP contribution >= 0.6 is 0 Å². The van der Waals surface area contributed by atoms with E-state index in [1.807, 2.05) is 0 Å². The van der Waals surface area contributed by atoms with Crippen LogP contribution < -0.4 is 0 Å². The van der Waals surface area contributed by atoms with E-state index >= 15 is 0 Å². The number of aliphatic hydroxyl groups excluding tert-OH is 2. The summed E-state index contributed by atoms with van der Waals surface area (Å²) >= 11 is 0. The topological polar surface area (TPSA) is 77.8 Å². The lowest BCUT2D eigenvalue weighted by molar-refractivity contribution is -0.137. The highest BCUT2D eigenvalue weighted by Gasteiger charge is 2.58. The number of hydrogen-bond acceptors (Lipinski definition) is 3. The summed E-state index contributed by atoms with van der Waals surface area (Å²) in [5.74, 6) is 1.02. The molecule has 0 aromatic rings. The quantitative estimate of drug-likeness (QED) is 0.616. The van der Waals surface area contributed by atoms with Crippen molar-refractivity contribution in [2.45, 2.75) is 97.2 Å². The SMILES string of the molecule is CC(CCC(=O)O)[C@H]1CCC2=C3CC[C@@H]4C[C@H](O)CC[C@]4(C)C3C[C@H](O)[C@@]21C. The molecule has 0 aromatic carbocycles. The normalized spacial score (nSPS) is 46.5. The van der Waals surface area contributed by atoms with Crippen LogP contribution in [0.1, 0.15) is 85.0 Å². The van der Waals surface area contributed by atoms with Crippen molar-refractivity contribution in [2.75, 3.05) is 0 Å². The molecule has 4 nitrogen and oxygen atoms in total. The summed E-state index contributed by atoms with van der Waals surface area (Å²) in [7, 11) is 0. The molecule has 0 bridgehead atoms. The second-order valence-electron chi connectivity index (χ2n) is 10.8. The molecule has 0 amide bonds. The maximum absolute atomic E-state index is 11.4. The molecule has 3 saturated carbocycles. The average molecular weight is 391 g/mol. The third kappa shape index (κ3) is 2.98. The molecular weight excluding hydrogens is 352 g/mol. The first-order chi connectivity index (χ1) is 13.2. The summed E-state index contributed by atoms with van der Waals surface area (Å²) in [5.41, 5.74) is 3.20. The number of carboxylic acids is 1. The Labute approximate surface area is 169 Å². The Bertz CT molecular complexity index is 670. The summed E-state index contributed by atoms with van der Waals surface area (Å²) in [4.78, 5) is 11.0. The molecule has 4 heteroatoms. The van der Waals surface area contributed by atoms with E-state index in [0.29, 0.717) is 30.1 Å². The van der Waals surface area contributed by atoms with Gasteiger partial charge in [-0.05, 0) is 86.9 Å². The van der Waals surface area contributed by atoms with Crippen LogP contribution in [0.3, 0.4) is 0 Å². The van der Waals surface area contributed by atoms with Crippen LogP contribution in [0.25, 0.3) is 0 Å². The van der Waals surface area contributed by atoms with E-state index < -0.39 is 5.97 Å². The van der Waals surface area contributed by atoms with Crippen LogP contribution in [0.4, 0.5) is 0 Å². The molecule has 0 aliphatic heterocycles. The second kappa shape index (κ2) is 7.12. The first-order valence-electron chi connectivity index (χ1n) is 11.5. The van der Waals surface area contributed by atoms with Gasteiger partial charge < -0.3 is 15.3 Å². The zero-order chi connectivity index (χ0) is 20.3. The standard InChI is InChI=1S/C24H38O4/c1-14(4-9-22(27)28)18-7-8-19-17-6-5-15-12-16(25)10-11-23(15,2)20(17)13-21(26)24(18,19)3/h14-16,18,20-21,25-26H,4-13H2,1-3H3,(H,27,28)/t14?,15-,16-,18-,20?,21+,23+,24-/m1/s1. The molecule has 0 spiro atoms. The highest BCUT2D eigenvalue weighted by Crippen LogP contribution is 2.65. The molecule has 4 aliphatic carbocycles. The zero-order valence-electron chi connectivity index (χ0n) is 17.8. The molecule has 28 heavy (non-hydrogen) atoms. The van der Waals surface area contributed by atoms with Crippen LogP contribution in [-0.4, -0.2) is 33.5 Å². The minimum atomic E-state index is -0.719. The van der Waals surface area contributed by atoms with Gasteiger partial charge in [0.15, 0.2) is 0 Å². The van der Waals surface area contributed by atoms with Gasteiger partial charge in [0.05, 0.1) is 12.2 Å². The third-order valence-electron chi connectivity index (χ3n) is 9.65. The maximum atomic E-state index is 11.4. The van der Waals surface area contributed by atoms with Crippen LogP contribution in [0.5, 0.6) is 0 Å². The predicted octanol–water partition coefficient (Wildman–Crippen LogP) is 4.54. The van der Waals surface area contributed by atoms with Gasteiger partial charge in [0.2, 0.25) is 0 Å². The van der Waals surface area contributed by atoms with Gasteiger partial charge in [-0.1, -0.05) is 31.9 Å². The Balaban J connectivity index is 1.64. The first kappa shape index (κ1) is 20.4. The lowest BCUT2D eigenvalue weighted by atomic mass is 9.48. The predicted molar refractivity (Wildman–Crippen MR) is 109 cm³/mol. The van der Waals surface area contributed by atoms with Gasteiger partial charge in [0, 0.05) is 11.8 Å². The van der Waals surface area contributed by atoms with Crippen molar-refractivity contribution in [2.24, 2.45) is 34.5 Å². The molecule has 2 unspecified atom stereocenters. The van der Waals surface area contributed by atoms with Gasteiger partial charge >= 0.3 is 5.97 Å². The number of carboxylic acid groups (broad SMARTS) is 1. The molecule has 4 rings (SSSR count). The van der Waals surface area contributed by atoms with E-state index in [4.69, 9.17) is 5.11 Å². The third-order valence-corrected chi connectivity index (χ3v) is 9.65. The van der Waals surface area contributed by atoms with Gasteiger partial charge in [-0.3, -0.25) is 4.79 Å². The Morgan fingerprint density at radius 3 is 2.61 bits per heavy atom. The van der Waals surface area contributed by atoms with Crippen molar-refractivity contribution in [1.82, 2.24) is 0 Å². The molecule has 4 aliphatic rings. The number of hydrogen-bond donors (Lipinski definition) is 3. The summed E-state index contributed by atoms with van der Waals surface area (Å²) in [6.07, 6.45) is 8.65. The van der Waals surface area contributed by atoms with Crippen molar-refractivity contribution >= 4 is 5.97 Å². The van der Waals surface area contributed by atoms with E-state index in [1.54, 1.807) is 5.57 Å². The fraction of sp³-hybridized carbons (Fsp3) is 0.875. The van der Waals surface area contributed by atoms with E-state index in [2.05, 4.69) is 20.8 Å². The lowest BCUT2D eigenvalue weighted by Gasteiger charge is -2.58. The first-order valence-corrected chi connectivity index (χ1v) is 11.5. The highest BCUT2D eigenvalue weighted by atomic mass is 16.4. The van der Waals surface area contributed by atoms with Crippen molar-refractivity contribution in [1.29, 1.82) is 0 Å². The maximum Gasteiger partial charge on any atom is 0.303 e. The largest absolute Gasteiger partial charge is 0.481 e. The summed E-state index contributed by atoms with van der Waals surface area (Å²) in [6, 6.07) is 0. The Hall–Kier alpha value is -0.870. The minimum absolute atomic E-state index is 0.142. The Morgan fingerprint density at radius 2 is 1.89 bits per heavy atom. The van der Waals surface area contributed by atoms with Crippen molar-refractivity contribution in [3.8, 4) is 0 Å². The van der Waals surface area contributed by atoms with E-state index in [9.17, 15) is 15.0 Å². The summed E-state index contributed by atoms with van der Waals surface area (Å²) < 4.78 is 0. The molecule has 0 aromatic heterocycles. The van der Waals surface area contributed by atoms with E-state index in [0.717, 1.165) is 44.9 Å². The summed E-state index contributed by atoms with van der Waals surface area (Å²) in [6.45, 7) is 6.88. The number of allylic oxidation sites excluding steroid dienone is 1. The summed E-state index contributed by atoms with van der Waals surface area (Å²) in [5, 5.41) is 30.7. The monoisotopic (exact) mass is 390 g/mol. The van der Waals surface area contributed by atoms with Gasteiger partial charge in [0.1, 0.15) is 0 Å². The highest BCUT2D eigenvalue weighted by molar-refractivity contribution is 5.66. The van der Waals surface area contributed by atoms with E-state index in [-0.39, 0.29) is 29.5 Å². The van der Waals surface area contributed by atoms with Gasteiger partial charge in [-0.25, -0.2) is 0 Å². The fourth-order valence-electron chi connectivity index (χ4n) is 7.92. The van der Waals surface area contributed by atoms with Gasteiger partial charge in [-0.15, -0.1) is 0 Å². The average Bonchev–Trinajstić information content (AvgIpc) is 3.00. The van der Waals surface area contributed by atoms with Crippen LogP contribution in [-0.2, 0) is 4.79 Å². The Kier molecular flexibility index (Phi) is 5.19. The Morgan fingerprint density at radius 1 is 1.14 bits per heavy atom. The van der Waals surface area contributed by atoms with Crippen molar-refractivity contribution in [3.63, 3.8) is 0 Å². The lowest BCUT2D eigenvalue weighted by Crippen LogP contribution is -2.52. The number of aliphatic carboxylic acids is 1. The van der Waals surface area contributed by atoms with Crippen molar-refractivity contribution in [3.05, 3.63) is 11.1 Å². The number of aliphatic hydroxyl groups is 2. The number of rotatable bonds is 4. The zero-order valence-corrected chi connectivity index (χ0v) is 17.8. The number of carbonyl (C=O) groups is 1. The van der Waals surface area contributed by atoms with Crippen LogP contribution in [0, 0.1) is 34.5 Å². The minimum Gasteiger partial charge on any atom is -0.481 e.